The molecule has 0 saturated carbocycles. The second kappa shape index (κ2) is 6.80. The molecule has 7 nitrogen and oxygen atoms in total. The van der Waals surface area contributed by atoms with Gasteiger partial charge in [0.25, 0.3) is 0 Å². The lowest BCUT2D eigenvalue weighted by molar-refractivity contribution is 0.0342. The van der Waals surface area contributed by atoms with Crippen LogP contribution in [0, 0.1) is 6.92 Å². The fourth-order valence-corrected chi connectivity index (χ4v) is 2.54. The SMILES string of the molecule is Cc1cn(N=Cc2cc(CN3CCOCC3)ccc2O)c(N)n1. The Morgan fingerprint density at radius 3 is 2.87 bits per heavy atom. The van der Waals surface area contributed by atoms with E-state index in [0.717, 1.165) is 44.1 Å². The zero-order valence-corrected chi connectivity index (χ0v) is 13.1. The highest BCUT2D eigenvalue weighted by atomic mass is 16.5. The van der Waals surface area contributed by atoms with E-state index in [1.165, 1.54) is 4.68 Å². The van der Waals surface area contributed by atoms with E-state index in [0.29, 0.717) is 11.5 Å². The molecule has 1 aliphatic rings. The van der Waals surface area contributed by atoms with Crippen molar-refractivity contribution < 1.29 is 9.84 Å². The largest absolute Gasteiger partial charge is 0.507 e. The lowest BCUT2D eigenvalue weighted by Crippen LogP contribution is -2.35. The Kier molecular flexibility index (Phi) is 4.59. The van der Waals surface area contributed by atoms with Gasteiger partial charge in [0.05, 0.1) is 31.3 Å². The van der Waals surface area contributed by atoms with Gasteiger partial charge in [-0.15, -0.1) is 0 Å². The summed E-state index contributed by atoms with van der Waals surface area (Å²) in [6.45, 7) is 6.07. The summed E-state index contributed by atoms with van der Waals surface area (Å²) in [7, 11) is 0. The maximum Gasteiger partial charge on any atom is 0.221 e. The Labute approximate surface area is 135 Å². The van der Waals surface area contributed by atoms with Crippen molar-refractivity contribution >= 4 is 12.2 Å². The summed E-state index contributed by atoms with van der Waals surface area (Å²) in [5, 5.41) is 14.3. The van der Waals surface area contributed by atoms with E-state index in [1.54, 1.807) is 18.5 Å². The van der Waals surface area contributed by atoms with Crippen LogP contribution in [0.3, 0.4) is 0 Å². The van der Waals surface area contributed by atoms with Crippen molar-refractivity contribution in [2.45, 2.75) is 13.5 Å². The van der Waals surface area contributed by atoms with Gasteiger partial charge in [0.2, 0.25) is 5.95 Å². The highest BCUT2D eigenvalue weighted by Crippen LogP contribution is 2.18. The highest BCUT2D eigenvalue weighted by molar-refractivity contribution is 5.83. The summed E-state index contributed by atoms with van der Waals surface area (Å²) in [6, 6.07) is 5.56. The van der Waals surface area contributed by atoms with Crippen molar-refractivity contribution in [2.75, 3.05) is 32.0 Å². The molecule has 0 spiro atoms. The first-order chi connectivity index (χ1) is 11.1. The number of aryl methyl sites for hydroxylation is 1. The number of rotatable bonds is 4. The van der Waals surface area contributed by atoms with Crippen LogP contribution >= 0.6 is 0 Å². The van der Waals surface area contributed by atoms with Gasteiger partial charge in [-0.2, -0.15) is 5.10 Å². The number of ether oxygens (including phenoxy) is 1. The Hall–Kier alpha value is -2.38. The van der Waals surface area contributed by atoms with Gasteiger partial charge in [-0.1, -0.05) is 6.07 Å². The minimum atomic E-state index is 0.190. The van der Waals surface area contributed by atoms with Crippen LogP contribution in [-0.2, 0) is 11.3 Å². The molecule has 3 rings (SSSR count). The van der Waals surface area contributed by atoms with Gasteiger partial charge >= 0.3 is 0 Å². The van der Waals surface area contributed by atoms with Crippen LogP contribution in [0.25, 0.3) is 0 Å². The van der Waals surface area contributed by atoms with E-state index >= 15 is 0 Å². The molecule has 1 aromatic heterocycles. The smallest absolute Gasteiger partial charge is 0.221 e. The molecule has 0 atom stereocenters. The molecule has 7 heteroatoms. The summed E-state index contributed by atoms with van der Waals surface area (Å²) in [6.07, 6.45) is 3.33. The molecule has 0 amide bonds. The van der Waals surface area contributed by atoms with Crippen molar-refractivity contribution in [3.63, 3.8) is 0 Å². The molecule has 0 bridgehead atoms. The van der Waals surface area contributed by atoms with E-state index in [2.05, 4.69) is 15.0 Å². The normalized spacial score (nSPS) is 16.2. The van der Waals surface area contributed by atoms with Crippen LogP contribution in [0.5, 0.6) is 5.75 Å². The number of benzene rings is 1. The number of nitrogens with two attached hydrogens (primary N) is 1. The third-order valence-electron chi connectivity index (χ3n) is 3.76. The molecule has 2 aromatic rings. The first kappa shape index (κ1) is 15.5. The molecule has 122 valence electrons. The van der Waals surface area contributed by atoms with Crippen LogP contribution in [0.4, 0.5) is 5.95 Å². The van der Waals surface area contributed by atoms with Gasteiger partial charge in [-0.25, -0.2) is 9.66 Å². The maximum absolute atomic E-state index is 10.0. The van der Waals surface area contributed by atoms with Gasteiger partial charge in [0.1, 0.15) is 5.75 Å². The molecule has 0 radical (unpaired) electrons. The minimum absolute atomic E-state index is 0.190. The monoisotopic (exact) mass is 315 g/mol. The molecule has 0 unspecified atom stereocenters. The number of nitrogens with zero attached hydrogens (tertiary/aromatic N) is 4. The van der Waals surface area contributed by atoms with Crippen molar-refractivity contribution in [1.29, 1.82) is 0 Å². The fourth-order valence-electron chi connectivity index (χ4n) is 2.54. The zero-order chi connectivity index (χ0) is 16.2. The fraction of sp³-hybridized carbons (Fsp3) is 0.375. The van der Waals surface area contributed by atoms with Gasteiger partial charge in [0, 0.05) is 25.2 Å². The minimum Gasteiger partial charge on any atom is -0.507 e. The highest BCUT2D eigenvalue weighted by Gasteiger charge is 2.11. The van der Waals surface area contributed by atoms with Crippen LogP contribution in [0.2, 0.25) is 0 Å². The summed E-state index contributed by atoms with van der Waals surface area (Å²) in [5.74, 6) is 0.512. The van der Waals surface area contributed by atoms with E-state index in [9.17, 15) is 5.11 Å². The number of anilines is 1. The molecule has 1 aliphatic heterocycles. The second-order valence-electron chi connectivity index (χ2n) is 5.61. The number of hydrogen-bond donors (Lipinski definition) is 2. The third-order valence-corrected chi connectivity index (χ3v) is 3.76. The Balaban J connectivity index is 1.76. The van der Waals surface area contributed by atoms with E-state index in [-0.39, 0.29) is 5.75 Å². The molecule has 1 aromatic carbocycles. The number of hydrogen-bond acceptors (Lipinski definition) is 6. The number of aromatic nitrogens is 2. The van der Waals surface area contributed by atoms with E-state index in [1.807, 2.05) is 19.1 Å². The van der Waals surface area contributed by atoms with Crippen LogP contribution in [-0.4, -0.2) is 52.2 Å². The molecule has 1 fully saturated rings. The van der Waals surface area contributed by atoms with E-state index < -0.39 is 0 Å². The van der Waals surface area contributed by atoms with Crippen molar-refractivity contribution in [1.82, 2.24) is 14.6 Å². The quantitative estimate of drug-likeness (QED) is 0.828. The third kappa shape index (κ3) is 3.88. The van der Waals surface area contributed by atoms with Gasteiger partial charge < -0.3 is 15.6 Å². The van der Waals surface area contributed by atoms with Crippen molar-refractivity contribution in [2.24, 2.45) is 5.10 Å². The van der Waals surface area contributed by atoms with Gasteiger partial charge in [0.15, 0.2) is 0 Å². The molecule has 23 heavy (non-hydrogen) atoms. The number of phenolic OH excluding ortho intramolecular Hbond substituents is 1. The first-order valence-corrected chi connectivity index (χ1v) is 7.59. The predicted octanol–water partition coefficient (Wildman–Crippen LogP) is 1.19. The van der Waals surface area contributed by atoms with E-state index in [4.69, 9.17) is 10.5 Å². The first-order valence-electron chi connectivity index (χ1n) is 7.59. The van der Waals surface area contributed by atoms with Gasteiger partial charge in [-0.05, 0) is 24.6 Å². The van der Waals surface area contributed by atoms with Gasteiger partial charge in [-0.3, -0.25) is 4.90 Å². The number of morpholine rings is 1. The van der Waals surface area contributed by atoms with Crippen LogP contribution in [0.1, 0.15) is 16.8 Å². The molecule has 2 heterocycles. The molecule has 3 N–H and O–H groups in total. The standard InChI is InChI=1S/C16H21N5O2/c1-12-10-21(16(17)19-12)18-9-14-8-13(2-3-15(14)22)11-20-4-6-23-7-5-20/h2-3,8-10,22H,4-7,11H2,1H3,(H2,17,19). The van der Waals surface area contributed by atoms with Crippen molar-refractivity contribution in [3.05, 3.63) is 41.2 Å². The number of nitrogen functional groups attached to an aromatic ring is 1. The molecule has 1 saturated heterocycles. The number of aromatic hydroxyl groups is 1. The molecular formula is C16H21N5O2. The number of phenols is 1. The Morgan fingerprint density at radius 2 is 2.17 bits per heavy atom. The summed E-state index contributed by atoms with van der Waals surface area (Å²) < 4.78 is 6.85. The lowest BCUT2D eigenvalue weighted by Gasteiger charge is -2.26. The lowest BCUT2D eigenvalue weighted by atomic mass is 10.1. The Bertz CT molecular complexity index is 704. The number of imidazole rings is 1. The zero-order valence-electron chi connectivity index (χ0n) is 13.1. The second-order valence-corrected chi connectivity index (χ2v) is 5.61. The topological polar surface area (TPSA) is 88.9 Å². The molecule has 0 aliphatic carbocycles. The summed E-state index contributed by atoms with van der Waals surface area (Å²) >= 11 is 0. The average molecular weight is 315 g/mol. The van der Waals surface area contributed by atoms with Crippen LogP contribution < -0.4 is 5.73 Å². The Morgan fingerprint density at radius 1 is 1.39 bits per heavy atom. The predicted molar refractivity (Wildman–Crippen MR) is 88.6 cm³/mol. The maximum atomic E-state index is 10.0. The molecular weight excluding hydrogens is 294 g/mol. The average Bonchev–Trinajstić information content (AvgIpc) is 2.86. The summed E-state index contributed by atoms with van der Waals surface area (Å²) in [4.78, 5) is 6.41. The summed E-state index contributed by atoms with van der Waals surface area (Å²) in [5.41, 5.74) is 8.33. The van der Waals surface area contributed by atoms with Crippen molar-refractivity contribution in [3.8, 4) is 5.75 Å². The van der Waals surface area contributed by atoms with Crippen LogP contribution in [0.15, 0.2) is 29.5 Å².